The van der Waals surface area contributed by atoms with Gasteiger partial charge in [-0.05, 0) is 42.7 Å². The normalized spacial score (nSPS) is 19.6. The summed E-state index contributed by atoms with van der Waals surface area (Å²) in [7, 11) is 0. The molecule has 0 spiro atoms. The van der Waals surface area contributed by atoms with Gasteiger partial charge in [-0.2, -0.15) is 0 Å². The SMILES string of the molecule is CCC(C)c1ccccc1OCC(O)C1CCCCC1. The van der Waals surface area contributed by atoms with Crippen LogP contribution in [0.25, 0.3) is 0 Å². The molecule has 0 aromatic heterocycles. The molecule has 1 aliphatic rings. The minimum absolute atomic E-state index is 0.319. The summed E-state index contributed by atoms with van der Waals surface area (Å²) < 4.78 is 5.93. The summed E-state index contributed by atoms with van der Waals surface area (Å²) in [5.41, 5.74) is 1.26. The van der Waals surface area contributed by atoms with Crippen LogP contribution in [-0.2, 0) is 0 Å². The van der Waals surface area contributed by atoms with E-state index in [-0.39, 0.29) is 6.10 Å². The predicted molar refractivity (Wildman–Crippen MR) is 83.2 cm³/mol. The van der Waals surface area contributed by atoms with Crippen LogP contribution in [0.3, 0.4) is 0 Å². The van der Waals surface area contributed by atoms with E-state index in [1.165, 1.54) is 24.8 Å². The standard InChI is InChI=1S/C18H28O2/c1-3-14(2)16-11-7-8-12-18(16)20-13-17(19)15-9-5-4-6-10-15/h7-8,11-12,14-15,17,19H,3-6,9-10,13H2,1-2H3. The summed E-state index contributed by atoms with van der Waals surface area (Å²) in [6.07, 6.45) is 6.91. The summed E-state index contributed by atoms with van der Waals surface area (Å²) in [5, 5.41) is 10.3. The van der Waals surface area contributed by atoms with Crippen molar-refractivity contribution in [1.82, 2.24) is 0 Å². The maximum Gasteiger partial charge on any atom is 0.122 e. The number of benzene rings is 1. The van der Waals surface area contributed by atoms with E-state index in [4.69, 9.17) is 4.74 Å². The van der Waals surface area contributed by atoms with Gasteiger partial charge in [0.25, 0.3) is 0 Å². The monoisotopic (exact) mass is 276 g/mol. The van der Waals surface area contributed by atoms with E-state index >= 15 is 0 Å². The predicted octanol–water partition coefficient (Wildman–Crippen LogP) is 4.52. The molecule has 2 rings (SSSR count). The average molecular weight is 276 g/mol. The van der Waals surface area contributed by atoms with Crippen LogP contribution in [0.4, 0.5) is 0 Å². The Hall–Kier alpha value is -1.02. The lowest BCUT2D eigenvalue weighted by atomic mass is 9.85. The fraction of sp³-hybridized carbons (Fsp3) is 0.667. The topological polar surface area (TPSA) is 29.5 Å². The Bertz CT molecular complexity index is 396. The Labute approximate surface area is 123 Å². The van der Waals surface area contributed by atoms with Crippen molar-refractivity contribution in [3.05, 3.63) is 29.8 Å². The second kappa shape index (κ2) is 7.68. The number of ether oxygens (including phenoxy) is 1. The zero-order valence-corrected chi connectivity index (χ0v) is 12.8. The van der Waals surface area contributed by atoms with Crippen molar-refractivity contribution in [2.75, 3.05) is 6.61 Å². The van der Waals surface area contributed by atoms with Crippen LogP contribution in [0, 0.1) is 5.92 Å². The third-order valence-corrected chi connectivity index (χ3v) is 4.67. The lowest BCUT2D eigenvalue weighted by molar-refractivity contribution is 0.0409. The summed E-state index contributed by atoms with van der Waals surface area (Å²) in [4.78, 5) is 0. The Kier molecular flexibility index (Phi) is 5.90. The molecule has 112 valence electrons. The van der Waals surface area contributed by atoms with Gasteiger partial charge in [0.05, 0.1) is 6.10 Å². The Morgan fingerprint density at radius 3 is 2.60 bits per heavy atom. The zero-order chi connectivity index (χ0) is 14.4. The van der Waals surface area contributed by atoms with Crippen LogP contribution < -0.4 is 4.74 Å². The van der Waals surface area contributed by atoms with E-state index in [0.717, 1.165) is 25.0 Å². The molecule has 2 unspecified atom stereocenters. The molecule has 0 saturated heterocycles. The number of para-hydroxylation sites is 1. The number of aliphatic hydroxyl groups excluding tert-OH is 1. The molecule has 1 N–H and O–H groups in total. The molecule has 1 fully saturated rings. The third kappa shape index (κ3) is 3.99. The number of hydrogen-bond donors (Lipinski definition) is 1. The van der Waals surface area contributed by atoms with Crippen molar-refractivity contribution in [2.45, 2.75) is 64.4 Å². The quantitative estimate of drug-likeness (QED) is 0.827. The van der Waals surface area contributed by atoms with Crippen LogP contribution >= 0.6 is 0 Å². The number of hydrogen-bond acceptors (Lipinski definition) is 2. The van der Waals surface area contributed by atoms with Gasteiger partial charge in [0, 0.05) is 0 Å². The third-order valence-electron chi connectivity index (χ3n) is 4.67. The second-order valence-electron chi connectivity index (χ2n) is 6.12. The highest BCUT2D eigenvalue weighted by atomic mass is 16.5. The molecule has 2 heteroatoms. The van der Waals surface area contributed by atoms with Gasteiger partial charge in [-0.15, -0.1) is 0 Å². The highest BCUT2D eigenvalue weighted by molar-refractivity contribution is 5.35. The van der Waals surface area contributed by atoms with Crippen LogP contribution in [0.5, 0.6) is 5.75 Å². The molecule has 0 bridgehead atoms. The van der Waals surface area contributed by atoms with Gasteiger partial charge in [-0.25, -0.2) is 0 Å². The molecule has 1 aromatic carbocycles. The van der Waals surface area contributed by atoms with E-state index in [1.54, 1.807) is 0 Å². The Morgan fingerprint density at radius 2 is 1.90 bits per heavy atom. The molecule has 2 atom stereocenters. The van der Waals surface area contributed by atoms with Crippen molar-refractivity contribution in [3.63, 3.8) is 0 Å². The molecule has 2 nitrogen and oxygen atoms in total. The van der Waals surface area contributed by atoms with Crippen molar-refractivity contribution in [3.8, 4) is 5.75 Å². The van der Waals surface area contributed by atoms with Crippen LogP contribution in [-0.4, -0.2) is 17.8 Å². The van der Waals surface area contributed by atoms with Crippen molar-refractivity contribution < 1.29 is 9.84 Å². The minimum atomic E-state index is -0.319. The lowest BCUT2D eigenvalue weighted by Gasteiger charge is -2.27. The Balaban J connectivity index is 1.93. The van der Waals surface area contributed by atoms with Crippen LogP contribution in [0.2, 0.25) is 0 Å². The fourth-order valence-electron chi connectivity index (χ4n) is 3.07. The first-order valence-electron chi connectivity index (χ1n) is 8.12. The summed E-state index contributed by atoms with van der Waals surface area (Å²) in [5.74, 6) is 1.87. The van der Waals surface area contributed by atoms with E-state index < -0.39 is 0 Å². The van der Waals surface area contributed by atoms with Gasteiger partial charge >= 0.3 is 0 Å². The molecule has 0 radical (unpaired) electrons. The van der Waals surface area contributed by atoms with Gasteiger partial charge in [-0.3, -0.25) is 0 Å². The summed E-state index contributed by atoms with van der Waals surface area (Å²) in [6, 6.07) is 8.23. The maximum absolute atomic E-state index is 10.3. The largest absolute Gasteiger partial charge is 0.491 e. The maximum atomic E-state index is 10.3. The van der Waals surface area contributed by atoms with E-state index in [1.807, 2.05) is 12.1 Å². The van der Waals surface area contributed by atoms with E-state index in [2.05, 4.69) is 26.0 Å². The molecular weight excluding hydrogens is 248 g/mol. The van der Waals surface area contributed by atoms with Gasteiger partial charge in [0.1, 0.15) is 12.4 Å². The molecular formula is C18H28O2. The van der Waals surface area contributed by atoms with Crippen molar-refractivity contribution >= 4 is 0 Å². The van der Waals surface area contributed by atoms with Crippen LogP contribution in [0.15, 0.2) is 24.3 Å². The second-order valence-corrected chi connectivity index (χ2v) is 6.12. The molecule has 0 aliphatic heterocycles. The first-order chi connectivity index (χ1) is 9.72. The van der Waals surface area contributed by atoms with Gasteiger partial charge in [-0.1, -0.05) is 51.3 Å². The van der Waals surface area contributed by atoms with Gasteiger partial charge in [0.15, 0.2) is 0 Å². The molecule has 1 saturated carbocycles. The lowest BCUT2D eigenvalue weighted by Crippen LogP contribution is -2.29. The molecule has 0 amide bonds. The first-order valence-corrected chi connectivity index (χ1v) is 8.12. The first kappa shape index (κ1) is 15.4. The smallest absolute Gasteiger partial charge is 0.122 e. The average Bonchev–Trinajstić information content (AvgIpc) is 2.53. The van der Waals surface area contributed by atoms with E-state index in [9.17, 15) is 5.11 Å². The molecule has 20 heavy (non-hydrogen) atoms. The number of aliphatic hydroxyl groups is 1. The highest BCUT2D eigenvalue weighted by Gasteiger charge is 2.22. The summed E-state index contributed by atoms with van der Waals surface area (Å²) in [6.45, 7) is 4.84. The van der Waals surface area contributed by atoms with Gasteiger partial charge < -0.3 is 9.84 Å². The number of rotatable bonds is 6. The van der Waals surface area contributed by atoms with E-state index in [0.29, 0.717) is 18.4 Å². The van der Waals surface area contributed by atoms with Crippen molar-refractivity contribution in [2.24, 2.45) is 5.92 Å². The molecule has 1 aliphatic carbocycles. The highest BCUT2D eigenvalue weighted by Crippen LogP contribution is 2.30. The molecule has 0 heterocycles. The van der Waals surface area contributed by atoms with Crippen molar-refractivity contribution in [1.29, 1.82) is 0 Å². The van der Waals surface area contributed by atoms with Gasteiger partial charge in [0.2, 0.25) is 0 Å². The minimum Gasteiger partial charge on any atom is -0.491 e. The zero-order valence-electron chi connectivity index (χ0n) is 12.8. The molecule has 1 aromatic rings. The van der Waals surface area contributed by atoms with Crippen LogP contribution in [0.1, 0.15) is 63.9 Å². The summed E-state index contributed by atoms with van der Waals surface area (Å²) >= 11 is 0. The fourth-order valence-corrected chi connectivity index (χ4v) is 3.07. The Morgan fingerprint density at radius 1 is 1.20 bits per heavy atom.